The molecule has 1 N–H and O–H groups in total. The quantitative estimate of drug-likeness (QED) is 0.665. The van der Waals surface area contributed by atoms with Crippen molar-refractivity contribution in [2.45, 2.75) is 13.0 Å². The zero-order chi connectivity index (χ0) is 19.2. The van der Waals surface area contributed by atoms with Crippen LogP contribution in [0, 0.1) is 6.92 Å². The van der Waals surface area contributed by atoms with Crippen LogP contribution in [0.1, 0.15) is 27.8 Å². The van der Waals surface area contributed by atoms with Crippen LogP contribution < -0.4 is 10.1 Å². The third kappa shape index (κ3) is 4.36. The topological polar surface area (TPSA) is 77.8 Å². The van der Waals surface area contributed by atoms with Gasteiger partial charge in [0.15, 0.2) is 0 Å². The van der Waals surface area contributed by atoms with Gasteiger partial charge in [-0.2, -0.15) is 0 Å². The van der Waals surface area contributed by atoms with Gasteiger partial charge in [0, 0.05) is 5.56 Å². The highest BCUT2D eigenvalue weighted by Crippen LogP contribution is 2.28. The van der Waals surface area contributed by atoms with E-state index in [4.69, 9.17) is 13.9 Å². The Morgan fingerprint density at radius 1 is 1.04 bits per heavy atom. The van der Waals surface area contributed by atoms with E-state index in [-0.39, 0.29) is 5.76 Å². The number of methoxy groups -OCH3 is 1. The number of amides is 1. The van der Waals surface area contributed by atoms with Gasteiger partial charge in [-0.15, -0.1) is 0 Å². The van der Waals surface area contributed by atoms with E-state index in [0.717, 1.165) is 5.56 Å². The van der Waals surface area contributed by atoms with Gasteiger partial charge >= 0.3 is 5.97 Å². The molecule has 1 unspecified atom stereocenters. The first-order valence-electron chi connectivity index (χ1n) is 8.33. The number of rotatable bonds is 6. The molecule has 3 aromatic rings. The molecule has 27 heavy (non-hydrogen) atoms. The Hall–Kier alpha value is -3.54. The average molecular weight is 365 g/mol. The van der Waals surface area contributed by atoms with Gasteiger partial charge in [-0.3, -0.25) is 4.79 Å². The van der Waals surface area contributed by atoms with Crippen LogP contribution in [0.3, 0.4) is 0 Å². The Morgan fingerprint density at radius 3 is 2.48 bits per heavy atom. The number of carbonyl (C=O) groups excluding carboxylic acids is 2. The third-order valence-electron chi connectivity index (χ3n) is 3.90. The first kappa shape index (κ1) is 18.3. The molecule has 1 amide bonds. The van der Waals surface area contributed by atoms with E-state index in [9.17, 15) is 9.59 Å². The first-order chi connectivity index (χ1) is 13.1. The second-order valence-corrected chi connectivity index (χ2v) is 5.87. The van der Waals surface area contributed by atoms with E-state index in [2.05, 4.69) is 5.32 Å². The van der Waals surface area contributed by atoms with Crippen LogP contribution in [-0.2, 0) is 9.53 Å². The molecule has 0 fully saturated rings. The predicted molar refractivity (Wildman–Crippen MR) is 99.7 cm³/mol. The number of hydrogen-bond donors (Lipinski definition) is 1. The number of carbonyl (C=O) groups is 2. The van der Waals surface area contributed by atoms with Gasteiger partial charge in [0.1, 0.15) is 5.75 Å². The van der Waals surface area contributed by atoms with Crippen LogP contribution in [0.2, 0.25) is 0 Å². The van der Waals surface area contributed by atoms with E-state index in [1.807, 2.05) is 19.1 Å². The Morgan fingerprint density at radius 2 is 1.81 bits per heavy atom. The molecule has 0 saturated carbocycles. The van der Waals surface area contributed by atoms with Crippen LogP contribution in [0.5, 0.6) is 5.75 Å². The number of ether oxygens (including phenoxy) is 2. The fourth-order valence-corrected chi connectivity index (χ4v) is 2.58. The maximum Gasteiger partial charge on any atom is 0.375 e. The molecular weight excluding hydrogens is 346 g/mol. The molecule has 6 nitrogen and oxygen atoms in total. The van der Waals surface area contributed by atoms with Crippen LogP contribution in [0.25, 0.3) is 0 Å². The third-order valence-corrected chi connectivity index (χ3v) is 3.90. The van der Waals surface area contributed by atoms with Crippen LogP contribution in [-0.4, -0.2) is 19.0 Å². The van der Waals surface area contributed by atoms with E-state index >= 15 is 0 Å². The van der Waals surface area contributed by atoms with Crippen molar-refractivity contribution < 1.29 is 23.5 Å². The molecule has 1 heterocycles. The molecular formula is C21H19NO5. The summed E-state index contributed by atoms with van der Waals surface area (Å²) in [6.45, 7) is 1.90. The minimum atomic E-state index is -1.14. The molecule has 0 saturated heterocycles. The minimum Gasteiger partial charge on any atom is -0.495 e. The molecule has 6 heteroatoms. The van der Waals surface area contributed by atoms with Gasteiger partial charge in [-0.25, -0.2) is 4.79 Å². The van der Waals surface area contributed by atoms with Gasteiger partial charge in [-0.05, 0) is 36.8 Å². The molecule has 0 spiro atoms. The monoisotopic (exact) mass is 365 g/mol. The van der Waals surface area contributed by atoms with Crippen molar-refractivity contribution in [2.75, 3.05) is 12.4 Å². The lowest BCUT2D eigenvalue weighted by molar-refractivity contribution is -0.125. The van der Waals surface area contributed by atoms with Crippen molar-refractivity contribution in [1.29, 1.82) is 0 Å². The van der Waals surface area contributed by atoms with E-state index < -0.39 is 18.0 Å². The Labute approximate surface area is 156 Å². The lowest BCUT2D eigenvalue weighted by atomic mass is 10.1. The molecule has 0 aliphatic rings. The predicted octanol–water partition coefficient (Wildman–Crippen LogP) is 4.13. The fourth-order valence-electron chi connectivity index (χ4n) is 2.58. The number of aryl methyl sites for hydroxylation is 1. The van der Waals surface area contributed by atoms with Gasteiger partial charge in [0.25, 0.3) is 5.91 Å². The average Bonchev–Trinajstić information content (AvgIpc) is 3.21. The molecule has 138 valence electrons. The maximum atomic E-state index is 12.9. The second-order valence-electron chi connectivity index (χ2n) is 5.87. The summed E-state index contributed by atoms with van der Waals surface area (Å²) in [4.78, 5) is 25.2. The zero-order valence-corrected chi connectivity index (χ0v) is 15.0. The number of furan rings is 1. The summed E-state index contributed by atoms with van der Waals surface area (Å²) >= 11 is 0. The Kier molecular flexibility index (Phi) is 5.56. The molecule has 0 bridgehead atoms. The molecule has 2 aromatic carbocycles. The fraction of sp³-hybridized carbons (Fsp3) is 0.143. The summed E-state index contributed by atoms with van der Waals surface area (Å²) in [5.41, 5.74) is 1.99. The number of nitrogens with one attached hydrogen (secondary N) is 1. The summed E-state index contributed by atoms with van der Waals surface area (Å²) in [5.74, 6) is -0.680. The number of esters is 1. The van der Waals surface area contributed by atoms with Gasteiger partial charge in [0.05, 0.1) is 19.1 Å². The highest BCUT2D eigenvalue weighted by molar-refractivity contribution is 5.98. The summed E-state index contributed by atoms with van der Waals surface area (Å²) in [6.07, 6.45) is 0.222. The Bertz CT molecular complexity index is 919. The number of benzene rings is 2. The number of anilines is 1. The SMILES string of the molecule is COc1ccc(C)cc1NC(=O)C(OC(=O)c1ccco1)c1ccccc1. The van der Waals surface area contributed by atoms with Crippen LogP contribution in [0.4, 0.5) is 5.69 Å². The first-order valence-corrected chi connectivity index (χ1v) is 8.33. The molecule has 1 atom stereocenters. The van der Waals surface area contributed by atoms with E-state index in [1.165, 1.54) is 19.4 Å². The summed E-state index contributed by atoms with van der Waals surface area (Å²) in [6, 6.07) is 17.3. The molecule has 3 rings (SSSR count). The van der Waals surface area contributed by atoms with Gasteiger partial charge in [-0.1, -0.05) is 36.4 Å². The van der Waals surface area contributed by atoms with Crippen molar-refractivity contribution in [1.82, 2.24) is 0 Å². The highest BCUT2D eigenvalue weighted by atomic mass is 16.6. The Balaban J connectivity index is 1.87. The molecule has 0 aliphatic carbocycles. The zero-order valence-electron chi connectivity index (χ0n) is 15.0. The highest BCUT2D eigenvalue weighted by Gasteiger charge is 2.27. The maximum absolute atomic E-state index is 12.9. The van der Waals surface area contributed by atoms with Crippen molar-refractivity contribution in [3.63, 3.8) is 0 Å². The second kappa shape index (κ2) is 8.23. The largest absolute Gasteiger partial charge is 0.495 e. The standard InChI is InChI=1S/C21H19NO5/c1-14-10-11-17(25-2)16(13-14)22-20(23)19(15-7-4-3-5-8-15)27-21(24)18-9-6-12-26-18/h3-13,19H,1-2H3,(H,22,23). The van der Waals surface area contributed by atoms with Crippen LogP contribution in [0.15, 0.2) is 71.3 Å². The van der Waals surface area contributed by atoms with E-state index in [0.29, 0.717) is 17.0 Å². The summed E-state index contributed by atoms with van der Waals surface area (Å²) in [7, 11) is 1.52. The van der Waals surface area contributed by atoms with Crippen LogP contribution >= 0.6 is 0 Å². The minimum absolute atomic E-state index is 0.0249. The van der Waals surface area contributed by atoms with Crippen molar-refractivity contribution >= 4 is 17.6 Å². The normalized spacial score (nSPS) is 11.5. The van der Waals surface area contributed by atoms with Crippen molar-refractivity contribution in [2.24, 2.45) is 0 Å². The van der Waals surface area contributed by atoms with Gasteiger partial charge < -0.3 is 19.2 Å². The van der Waals surface area contributed by atoms with Crippen molar-refractivity contribution in [3.05, 3.63) is 83.8 Å². The van der Waals surface area contributed by atoms with E-state index in [1.54, 1.807) is 42.5 Å². The van der Waals surface area contributed by atoms with Crippen molar-refractivity contribution in [3.8, 4) is 5.75 Å². The molecule has 0 radical (unpaired) electrons. The number of hydrogen-bond acceptors (Lipinski definition) is 5. The summed E-state index contributed by atoms with van der Waals surface area (Å²) in [5, 5.41) is 2.78. The lowest BCUT2D eigenvalue weighted by Gasteiger charge is -2.18. The summed E-state index contributed by atoms with van der Waals surface area (Å²) < 4.78 is 15.8. The van der Waals surface area contributed by atoms with Gasteiger partial charge in [0.2, 0.25) is 11.9 Å². The lowest BCUT2D eigenvalue weighted by Crippen LogP contribution is -2.26. The molecule has 1 aromatic heterocycles. The smallest absolute Gasteiger partial charge is 0.375 e. The molecule has 0 aliphatic heterocycles.